The van der Waals surface area contributed by atoms with E-state index < -0.39 is 5.60 Å². The van der Waals surface area contributed by atoms with Crippen LogP contribution in [0, 0.1) is 0 Å². The van der Waals surface area contributed by atoms with Crippen LogP contribution in [0.15, 0.2) is 66.9 Å². The van der Waals surface area contributed by atoms with Gasteiger partial charge in [-0.25, -0.2) is 9.78 Å². The molecule has 2 N–H and O–H groups in total. The molecule has 1 aliphatic rings. The quantitative estimate of drug-likeness (QED) is 0.377. The molecule has 2 heterocycles. The first-order valence-corrected chi connectivity index (χ1v) is 13.7. The van der Waals surface area contributed by atoms with Crippen LogP contribution in [0.4, 0.5) is 4.79 Å². The number of cyclic esters (lactones) is 1. The highest BCUT2D eigenvalue weighted by Crippen LogP contribution is 2.31. The average Bonchev–Trinajstić information content (AvgIpc) is 3.34. The number of ether oxygens (including phenoxy) is 1. The molecule has 1 aromatic heterocycles. The summed E-state index contributed by atoms with van der Waals surface area (Å²) in [6, 6.07) is 19.7. The average molecular weight is 538 g/mol. The summed E-state index contributed by atoms with van der Waals surface area (Å²) in [7, 11) is 0. The van der Waals surface area contributed by atoms with Crippen LogP contribution in [0.5, 0.6) is 0 Å². The maximum atomic E-state index is 12.5. The fraction of sp³-hybridized carbons (Fsp3) is 0.433. The fourth-order valence-corrected chi connectivity index (χ4v) is 4.90. The molecule has 2 unspecified atom stereocenters. The van der Waals surface area contributed by atoms with Gasteiger partial charge < -0.3 is 20.1 Å². The van der Waals surface area contributed by atoms with E-state index in [-0.39, 0.29) is 29.7 Å². The van der Waals surface area contributed by atoms with Gasteiger partial charge in [-0.05, 0) is 47.1 Å². The maximum Gasteiger partial charge on any atom is 0.410 e. The topological polar surface area (TPSA) is 91.8 Å². The smallest absolute Gasteiger partial charge is 0.410 e. The first kappa shape index (κ1) is 29.3. The van der Waals surface area contributed by atoms with Crippen molar-refractivity contribution >= 4 is 23.3 Å². The number of benzene rings is 2. The minimum absolute atomic E-state index is 0.127. The van der Waals surface area contributed by atoms with Crippen molar-refractivity contribution in [1.29, 1.82) is 0 Å². The molecule has 8 heteroatoms. The molecule has 0 aliphatic carbocycles. The molecule has 7 nitrogen and oxygen atoms in total. The van der Waals surface area contributed by atoms with E-state index in [2.05, 4.69) is 10.3 Å². The predicted molar refractivity (Wildman–Crippen MR) is 152 cm³/mol. The molecular weight excluding hydrogens is 498 g/mol. The van der Waals surface area contributed by atoms with Crippen LogP contribution in [0.25, 0.3) is 10.6 Å². The maximum absolute atomic E-state index is 12.5. The molecule has 1 fully saturated rings. The zero-order chi connectivity index (χ0) is 27.9. The van der Waals surface area contributed by atoms with E-state index in [1.807, 2.05) is 88.4 Å². The minimum atomic E-state index is -0.863. The second kappa shape index (κ2) is 12.5. The van der Waals surface area contributed by atoms with E-state index in [0.29, 0.717) is 24.3 Å². The summed E-state index contributed by atoms with van der Waals surface area (Å²) in [5.74, 6) is -0.127. The van der Waals surface area contributed by atoms with Crippen LogP contribution >= 0.6 is 11.3 Å². The lowest BCUT2D eigenvalue weighted by atomic mass is 9.97. The summed E-state index contributed by atoms with van der Waals surface area (Å²) in [4.78, 5) is 31.6. The molecule has 2 atom stereocenters. The second-order valence-electron chi connectivity index (χ2n) is 11.2. The molecular formula is C30H39N3O4S. The number of nitrogens with zero attached hydrogens (tertiary/aromatic N) is 2. The molecule has 0 saturated carbocycles. The number of carbonyl (C=O) groups is 2. The van der Waals surface area contributed by atoms with Gasteiger partial charge in [0.15, 0.2) is 0 Å². The van der Waals surface area contributed by atoms with E-state index in [1.165, 1.54) is 11.3 Å². The van der Waals surface area contributed by atoms with Crippen LogP contribution < -0.4 is 5.32 Å². The van der Waals surface area contributed by atoms with Gasteiger partial charge in [-0.2, -0.15) is 0 Å². The summed E-state index contributed by atoms with van der Waals surface area (Å²) >= 11 is 1.35. The number of aliphatic hydroxyl groups is 1. The van der Waals surface area contributed by atoms with E-state index in [1.54, 1.807) is 24.9 Å². The third kappa shape index (κ3) is 8.96. The van der Waals surface area contributed by atoms with Gasteiger partial charge in [-0.15, -0.1) is 11.3 Å². The molecule has 3 aromatic rings. The molecule has 0 spiro atoms. The van der Waals surface area contributed by atoms with Crippen molar-refractivity contribution in [2.75, 3.05) is 6.54 Å². The van der Waals surface area contributed by atoms with Crippen LogP contribution in [-0.2, 0) is 4.74 Å². The fourth-order valence-electron chi connectivity index (χ4n) is 4.08. The highest BCUT2D eigenvalue weighted by molar-refractivity contribution is 7.16. The first-order valence-electron chi connectivity index (χ1n) is 12.9. The molecule has 1 saturated heterocycles. The Bertz CT molecular complexity index is 1150. The number of hydrogen-bond acceptors (Lipinski definition) is 6. The van der Waals surface area contributed by atoms with E-state index in [4.69, 9.17) is 4.74 Å². The van der Waals surface area contributed by atoms with Gasteiger partial charge in [0.05, 0.1) is 17.8 Å². The zero-order valence-corrected chi connectivity index (χ0v) is 23.9. The third-order valence-corrected chi connectivity index (χ3v) is 6.96. The number of carbonyl (C=O) groups excluding carboxylic acids is 2. The van der Waals surface area contributed by atoms with E-state index in [9.17, 15) is 14.7 Å². The van der Waals surface area contributed by atoms with Crippen molar-refractivity contribution in [1.82, 2.24) is 15.2 Å². The van der Waals surface area contributed by atoms with Crippen LogP contribution in [0.2, 0.25) is 0 Å². The highest BCUT2D eigenvalue weighted by atomic mass is 32.1. The van der Waals surface area contributed by atoms with Crippen LogP contribution in [0.1, 0.15) is 75.7 Å². The minimum Gasteiger partial charge on any atom is -0.446 e. The predicted octanol–water partition coefficient (Wildman–Crippen LogP) is 6.46. The van der Waals surface area contributed by atoms with Gasteiger partial charge in [-0.1, -0.05) is 60.7 Å². The van der Waals surface area contributed by atoms with Gasteiger partial charge in [0.1, 0.15) is 16.0 Å². The molecule has 38 heavy (non-hydrogen) atoms. The summed E-state index contributed by atoms with van der Waals surface area (Å²) < 4.78 is 5.55. The summed E-state index contributed by atoms with van der Waals surface area (Å²) in [6.07, 6.45) is 2.11. The van der Waals surface area contributed by atoms with Crippen molar-refractivity contribution < 1.29 is 19.4 Å². The Kier molecular flexibility index (Phi) is 9.68. The number of thiazole rings is 1. The van der Waals surface area contributed by atoms with Gasteiger partial charge in [0.2, 0.25) is 0 Å². The Labute approximate surface area is 229 Å². The van der Waals surface area contributed by atoms with E-state index >= 15 is 0 Å². The molecule has 2 aromatic carbocycles. The summed E-state index contributed by atoms with van der Waals surface area (Å²) in [5.41, 5.74) is 0.752. The van der Waals surface area contributed by atoms with Crippen molar-refractivity contribution in [3.63, 3.8) is 0 Å². The number of rotatable bonds is 6. The second-order valence-corrected chi connectivity index (χ2v) is 12.2. The van der Waals surface area contributed by atoms with Gasteiger partial charge in [0, 0.05) is 30.5 Å². The number of amides is 2. The molecule has 1 aliphatic heterocycles. The monoisotopic (exact) mass is 537 g/mol. The van der Waals surface area contributed by atoms with Gasteiger partial charge >= 0.3 is 6.09 Å². The number of hydrogen-bond donors (Lipinski definition) is 2. The van der Waals surface area contributed by atoms with Crippen LogP contribution in [0.3, 0.4) is 0 Å². The molecule has 4 rings (SSSR count). The normalized spacial score (nSPS) is 16.7. The Morgan fingerprint density at radius 2 is 1.68 bits per heavy atom. The lowest BCUT2D eigenvalue weighted by Crippen LogP contribution is -2.45. The summed E-state index contributed by atoms with van der Waals surface area (Å²) in [5, 5.41) is 13.7. The highest BCUT2D eigenvalue weighted by Gasteiger charge is 2.33. The van der Waals surface area contributed by atoms with Gasteiger partial charge in [-0.3, -0.25) is 4.79 Å². The Hall–Kier alpha value is -3.23. The van der Waals surface area contributed by atoms with Crippen molar-refractivity contribution in [3.05, 3.63) is 77.3 Å². The van der Waals surface area contributed by atoms with Crippen molar-refractivity contribution in [3.8, 4) is 10.6 Å². The molecule has 0 bridgehead atoms. The first-order chi connectivity index (χ1) is 17.8. The number of aromatic nitrogens is 1. The Morgan fingerprint density at radius 3 is 2.18 bits per heavy atom. The van der Waals surface area contributed by atoms with Gasteiger partial charge in [0.25, 0.3) is 5.91 Å². The largest absolute Gasteiger partial charge is 0.446 e. The Balaban J connectivity index is 0.000000585. The molecule has 0 radical (unpaired) electrons. The summed E-state index contributed by atoms with van der Waals surface area (Å²) in [6.45, 7) is 11.8. The SMILES string of the molecule is CC(c1ccc(-c2ncc(C(=O)NC(C)(C)C)s2)cc1)N1CCC(CC(C)(C)O)OC1=O.c1ccccc1. The van der Waals surface area contributed by atoms with E-state index in [0.717, 1.165) is 16.1 Å². The molecule has 204 valence electrons. The standard InChI is InChI=1S/C24H33N3O4S.C6H6/c1-15(27-12-11-18(31-22(27)29)13-24(5,6)30)16-7-9-17(10-8-16)21-25-14-19(32-21)20(28)26-23(2,3)4;1-2-4-6-5-3-1/h7-10,14-15,18,30H,11-13H2,1-6H3,(H,26,28);1-6H. The lowest BCUT2D eigenvalue weighted by molar-refractivity contribution is -0.0309. The third-order valence-electron chi connectivity index (χ3n) is 5.91. The van der Waals surface area contributed by atoms with Crippen LogP contribution in [-0.4, -0.2) is 50.8 Å². The van der Waals surface area contributed by atoms with Crippen molar-refractivity contribution in [2.45, 2.75) is 77.7 Å². The molecule has 2 amide bonds. The van der Waals surface area contributed by atoms with Crippen molar-refractivity contribution in [2.24, 2.45) is 0 Å². The zero-order valence-electron chi connectivity index (χ0n) is 23.1. The lowest BCUT2D eigenvalue weighted by Gasteiger charge is -2.37. The Morgan fingerprint density at radius 1 is 1.11 bits per heavy atom. The number of nitrogens with one attached hydrogen (secondary N) is 1.